The van der Waals surface area contributed by atoms with Crippen molar-refractivity contribution in [2.45, 2.75) is 12.7 Å². The van der Waals surface area contributed by atoms with Gasteiger partial charge in [-0.2, -0.15) is 0 Å². The molecule has 0 bridgehead atoms. The van der Waals surface area contributed by atoms with Gasteiger partial charge in [0.1, 0.15) is 0 Å². The minimum atomic E-state index is -0.573. The Morgan fingerprint density at radius 3 is 2.42 bits per heavy atom. The molecule has 2 rings (SSSR count). The summed E-state index contributed by atoms with van der Waals surface area (Å²) in [7, 11) is 0. The summed E-state index contributed by atoms with van der Waals surface area (Å²) in [5.41, 5.74) is 1.11. The Labute approximate surface area is 69.9 Å². The molecule has 0 aromatic heterocycles. The molecule has 0 atom stereocenters. The van der Waals surface area contributed by atoms with E-state index in [1.807, 2.05) is 30.3 Å². The number of rotatable bonds is 2. The van der Waals surface area contributed by atoms with Gasteiger partial charge in [0.05, 0.1) is 0 Å². The molecule has 0 N–H and O–H groups in total. The molecule has 1 aromatic carbocycles. The van der Waals surface area contributed by atoms with Crippen LogP contribution >= 0.6 is 0 Å². The molecule has 1 saturated heterocycles. The first-order valence-electron chi connectivity index (χ1n) is 3.76. The summed E-state index contributed by atoms with van der Waals surface area (Å²) in [4.78, 5) is 10.3. The summed E-state index contributed by atoms with van der Waals surface area (Å²) in [6.45, 7) is 0. The van der Waals surface area contributed by atoms with Crippen molar-refractivity contribution in [2.75, 3.05) is 0 Å². The van der Waals surface area contributed by atoms with Crippen molar-refractivity contribution in [1.82, 2.24) is 0 Å². The van der Waals surface area contributed by atoms with Crippen molar-refractivity contribution >= 4 is 6.16 Å². The molecule has 0 amide bonds. The molecule has 0 radical (unpaired) electrons. The summed E-state index contributed by atoms with van der Waals surface area (Å²) < 4.78 is 9.36. The van der Waals surface area contributed by atoms with E-state index in [9.17, 15) is 4.79 Å². The Bertz CT molecular complexity index is 273. The van der Waals surface area contributed by atoms with E-state index in [2.05, 4.69) is 9.47 Å². The van der Waals surface area contributed by atoms with Crippen LogP contribution in [0.1, 0.15) is 5.56 Å². The van der Waals surface area contributed by atoms with Crippen LogP contribution in [0.5, 0.6) is 0 Å². The Balaban J connectivity index is 1.92. The van der Waals surface area contributed by atoms with Crippen molar-refractivity contribution < 1.29 is 14.3 Å². The monoisotopic (exact) mass is 164 g/mol. The van der Waals surface area contributed by atoms with Gasteiger partial charge >= 0.3 is 6.16 Å². The van der Waals surface area contributed by atoms with Crippen LogP contribution in [-0.2, 0) is 15.9 Å². The van der Waals surface area contributed by atoms with Crippen molar-refractivity contribution in [3.8, 4) is 0 Å². The zero-order valence-electron chi connectivity index (χ0n) is 6.40. The summed E-state index contributed by atoms with van der Waals surface area (Å²) in [5, 5.41) is 0. The second kappa shape index (κ2) is 2.85. The second-order valence-electron chi connectivity index (χ2n) is 2.60. The number of carbonyl (C=O) groups excluding carboxylic acids is 1. The molecular formula is C9H8O3. The molecule has 1 aliphatic rings. The lowest BCUT2D eigenvalue weighted by Crippen LogP contribution is -2.36. The number of hydrogen-bond donors (Lipinski definition) is 0. The van der Waals surface area contributed by atoms with E-state index in [-0.39, 0.29) is 6.29 Å². The maximum atomic E-state index is 10.3. The van der Waals surface area contributed by atoms with Gasteiger partial charge in [-0.1, -0.05) is 30.3 Å². The van der Waals surface area contributed by atoms with Crippen LogP contribution in [0.3, 0.4) is 0 Å². The first kappa shape index (κ1) is 7.16. The van der Waals surface area contributed by atoms with Crippen LogP contribution in [-0.4, -0.2) is 12.4 Å². The standard InChI is InChI=1S/C9H8O3/c10-9-11-8(12-9)6-7-4-2-1-3-5-7/h1-5,8H,6H2. The van der Waals surface area contributed by atoms with Crippen LogP contribution in [0.4, 0.5) is 4.79 Å². The fourth-order valence-corrected chi connectivity index (χ4v) is 1.11. The molecule has 1 heterocycles. The Morgan fingerprint density at radius 2 is 1.83 bits per heavy atom. The van der Waals surface area contributed by atoms with Crippen LogP contribution in [0, 0.1) is 0 Å². The predicted molar refractivity (Wildman–Crippen MR) is 41.5 cm³/mol. The van der Waals surface area contributed by atoms with E-state index >= 15 is 0 Å². The first-order valence-corrected chi connectivity index (χ1v) is 3.76. The predicted octanol–water partition coefficient (Wildman–Crippen LogP) is 1.72. The van der Waals surface area contributed by atoms with E-state index in [0.717, 1.165) is 5.56 Å². The summed E-state index contributed by atoms with van der Waals surface area (Å²) in [6.07, 6.45) is -0.317. The maximum absolute atomic E-state index is 10.3. The quantitative estimate of drug-likeness (QED) is 0.624. The number of carbonyl (C=O) groups is 1. The third kappa shape index (κ3) is 1.39. The minimum absolute atomic E-state index is 0.375. The normalized spacial score (nSPS) is 16.2. The van der Waals surface area contributed by atoms with Crippen molar-refractivity contribution in [3.05, 3.63) is 35.9 Å². The van der Waals surface area contributed by atoms with Crippen LogP contribution in [0.2, 0.25) is 0 Å². The fraction of sp³-hybridized carbons (Fsp3) is 0.222. The highest BCUT2D eigenvalue weighted by Gasteiger charge is 2.29. The van der Waals surface area contributed by atoms with Crippen molar-refractivity contribution in [1.29, 1.82) is 0 Å². The van der Waals surface area contributed by atoms with Gasteiger partial charge in [-0.3, -0.25) is 0 Å². The molecule has 0 saturated carbocycles. The third-order valence-electron chi connectivity index (χ3n) is 1.70. The molecular weight excluding hydrogens is 156 g/mol. The van der Waals surface area contributed by atoms with Crippen molar-refractivity contribution in [3.63, 3.8) is 0 Å². The van der Waals surface area contributed by atoms with Gasteiger partial charge in [-0.15, -0.1) is 0 Å². The number of hydrogen-bond acceptors (Lipinski definition) is 3. The lowest BCUT2D eigenvalue weighted by molar-refractivity contribution is -0.180. The zero-order valence-corrected chi connectivity index (χ0v) is 6.40. The summed E-state index contributed by atoms with van der Waals surface area (Å²) >= 11 is 0. The molecule has 1 aromatic rings. The highest BCUT2D eigenvalue weighted by atomic mass is 16.9. The molecule has 0 aliphatic carbocycles. The topological polar surface area (TPSA) is 35.5 Å². The molecule has 3 heteroatoms. The van der Waals surface area contributed by atoms with E-state index in [1.54, 1.807) is 0 Å². The molecule has 1 aliphatic heterocycles. The molecule has 1 fully saturated rings. The van der Waals surface area contributed by atoms with Crippen molar-refractivity contribution in [2.24, 2.45) is 0 Å². The highest BCUT2D eigenvalue weighted by Crippen LogP contribution is 2.15. The molecule has 0 spiro atoms. The zero-order chi connectivity index (χ0) is 8.39. The Kier molecular flexibility index (Phi) is 1.70. The molecule has 62 valence electrons. The highest BCUT2D eigenvalue weighted by molar-refractivity contribution is 5.64. The van der Waals surface area contributed by atoms with Gasteiger partial charge in [-0.05, 0) is 5.56 Å². The summed E-state index contributed by atoms with van der Waals surface area (Å²) in [5.74, 6) is 0. The Hall–Kier alpha value is -1.51. The third-order valence-corrected chi connectivity index (χ3v) is 1.70. The van der Waals surface area contributed by atoms with E-state index in [0.29, 0.717) is 6.42 Å². The average Bonchev–Trinajstić information content (AvgIpc) is 2.04. The second-order valence-corrected chi connectivity index (χ2v) is 2.60. The maximum Gasteiger partial charge on any atom is 0.514 e. The van der Waals surface area contributed by atoms with Gasteiger partial charge in [0.25, 0.3) is 6.29 Å². The minimum Gasteiger partial charge on any atom is -0.393 e. The van der Waals surface area contributed by atoms with Gasteiger partial charge in [0.2, 0.25) is 0 Å². The van der Waals surface area contributed by atoms with E-state index in [4.69, 9.17) is 0 Å². The first-order chi connectivity index (χ1) is 5.84. The van der Waals surface area contributed by atoms with Gasteiger partial charge in [0, 0.05) is 6.42 Å². The fourth-order valence-electron chi connectivity index (χ4n) is 1.11. The van der Waals surface area contributed by atoms with E-state index in [1.165, 1.54) is 0 Å². The molecule has 0 unspecified atom stereocenters. The van der Waals surface area contributed by atoms with Gasteiger partial charge in [0.15, 0.2) is 0 Å². The van der Waals surface area contributed by atoms with Gasteiger partial charge in [-0.25, -0.2) is 4.79 Å². The number of ether oxygens (including phenoxy) is 2. The summed E-state index contributed by atoms with van der Waals surface area (Å²) in [6, 6.07) is 9.76. The largest absolute Gasteiger partial charge is 0.514 e. The lowest BCUT2D eigenvalue weighted by atomic mass is 10.1. The van der Waals surface area contributed by atoms with Gasteiger partial charge < -0.3 is 9.47 Å². The lowest BCUT2D eigenvalue weighted by Gasteiger charge is -2.25. The van der Waals surface area contributed by atoms with E-state index < -0.39 is 6.16 Å². The Morgan fingerprint density at radius 1 is 1.17 bits per heavy atom. The number of benzene rings is 1. The van der Waals surface area contributed by atoms with Crippen LogP contribution < -0.4 is 0 Å². The molecule has 12 heavy (non-hydrogen) atoms. The SMILES string of the molecule is O=C1OC(Cc2ccccc2)O1. The van der Waals surface area contributed by atoms with Crippen LogP contribution in [0.25, 0.3) is 0 Å². The smallest absolute Gasteiger partial charge is 0.393 e. The van der Waals surface area contributed by atoms with Crippen LogP contribution in [0.15, 0.2) is 30.3 Å². The average molecular weight is 164 g/mol. The number of cyclic esters (lactones) is 2. The molecule has 3 nitrogen and oxygen atoms in total.